The molecule has 1 heterocycles. The molecule has 0 aliphatic rings. The molecule has 94 valence electrons. The molecule has 1 aromatic rings. The van der Waals surface area contributed by atoms with Gasteiger partial charge in [-0.15, -0.1) is 11.3 Å². The number of ketones is 1. The van der Waals surface area contributed by atoms with E-state index >= 15 is 0 Å². The molecule has 0 saturated carbocycles. The van der Waals surface area contributed by atoms with Crippen LogP contribution in [0.2, 0.25) is 0 Å². The molecule has 1 N–H and O–H groups in total. The highest BCUT2D eigenvalue weighted by atomic mass is 32.2. The summed E-state index contributed by atoms with van der Waals surface area (Å²) in [5.41, 5.74) is 1.63. The van der Waals surface area contributed by atoms with Gasteiger partial charge in [-0.05, 0) is 24.8 Å². The van der Waals surface area contributed by atoms with Gasteiger partial charge < -0.3 is 5.11 Å². The first-order chi connectivity index (χ1) is 8.06. The van der Waals surface area contributed by atoms with Gasteiger partial charge >= 0.3 is 0 Å². The van der Waals surface area contributed by atoms with Gasteiger partial charge in [0.1, 0.15) is 10.1 Å². The number of carbonyl (C=O) groups excluding carboxylic acids is 1. The molecule has 0 bridgehead atoms. The number of hydrogen-bond donors (Lipinski definition) is 1. The Morgan fingerprint density at radius 1 is 1.71 bits per heavy atom. The van der Waals surface area contributed by atoms with Gasteiger partial charge in [0.05, 0.1) is 11.8 Å². The number of thiazole rings is 1. The Balaban J connectivity index is 2.67. The molecule has 0 fully saturated rings. The zero-order chi connectivity index (χ0) is 12.8. The van der Waals surface area contributed by atoms with Crippen molar-refractivity contribution in [1.29, 1.82) is 0 Å². The minimum Gasteiger partial charge on any atom is -0.388 e. The SMILES string of the molecule is CCC(=O)C[C@H](O)/C(C)=C/c1csc(SC)n1. The molecular weight excluding hydrogens is 254 g/mol. The quantitative estimate of drug-likeness (QED) is 0.808. The van der Waals surface area contributed by atoms with Gasteiger partial charge in [0, 0.05) is 18.2 Å². The van der Waals surface area contributed by atoms with Gasteiger partial charge in [-0.25, -0.2) is 4.98 Å². The van der Waals surface area contributed by atoms with Crippen LogP contribution in [0.15, 0.2) is 15.3 Å². The van der Waals surface area contributed by atoms with Crippen molar-refractivity contribution in [2.75, 3.05) is 6.26 Å². The molecule has 1 aromatic heterocycles. The maximum Gasteiger partial charge on any atom is 0.150 e. The molecule has 0 aromatic carbocycles. The molecule has 0 aliphatic heterocycles. The van der Waals surface area contributed by atoms with Gasteiger partial charge in [0.25, 0.3) is 0 Å². The fourth-order valence-electron chi connectivity index (χ4n) is 1.28. The van der Waals surface area contributed by atoms with Crippen LogP contribution in [0.25, 0.3) is 6.08 Å². The van der Waals surface area contributed by atoms with Crippen LogP contribution in [0.1, 0.15) is 32.4 Å². The summed E-state index contributed by atoms with van der Waals surface area (Å²) in [5, 5.41) is 11.8. The Hall–Kier alpha value is -0.650. The smallest absolute Gasteiger partial charge is 0.150 e. The van der Waals surface area contributed by atoms with Crippen LogP contribution in [-0.2, 0) is 4.79 Å². The predicted octanol–water partition coefficient (Wildman–Crippen LogP) is 3.00. The van der Waals surface area contributed by atoms with E-state index in [1.165, 1.54) is 0 Å². The third-order valence-corrected chi connectivity index (χ3v) is 4.27. The summed E-state index contributed by atoms with van der Waals surface area (Å²) >= 11 is 3.18. The number of aliphatic hydroxyl groups excluding tert-OH is 1. The normalized spacial score (nSPS) is 13.8. The molecule has 0 unspecified atom stereocenters. The monoisotopic (exact) mass is 271 g/mol. The fourth-order valence-corrected chi connectivity index (χ4v) is 2.51. The molecule has 1 atom stereocenters. The highest BCUT2D eigenvalue weighted by Crippen LogP contribution is 2.22. The lowest BCUT2D eigenvalue weighted by molar-refractivity contribution is -0.120. The number of hydrogen-bond acceptors (Lipinski definition) is 5. The molecule has 3 nitrogen and oxygen atoms in total. The minimum atomic E-state index is -0.693. The van der Waals surface area contributed by atoms with E-state index in [9.17, 15) is 9.90 Å². The standard InChI is InChI=1S/C12H17NO2S2/c1-4-10(14)6-11(15)8(2)5-9-7-17-12(13-9)16-3/h5,7,11,15H,4,6H2,1-3H3/b8-5+/t11-/m0/s1. The number of nitrogens with zero attached hydrogens (tertiary/aromatic N) is 1. The highest BCUT2D eigenvalue weighted by molar-refractivity contribution is 8.00. The van der Waals surface area contributed by atoms with Crippen molar-refractivity contribution in [3.8, 4) is 0 Å². The predicted molar refractivity (Wildman–Crippen MR) is 73.5 cm³/mol. The summed E-state index contributed by atoms with van der Waals surface area (Å²) in [6.45, 7) is 3.63. The second-order valence-corrected chi connectivity index (χ2v) is 5.65. The summed E-state index contributed by atoms with van der Waals surface area (Å²) in [5.74, 6) is 0.0772. The zero-order valence-corrected chi connectivity index (χ0v) is 11.9. The Labute approximate surface area is 110 Å². The molecule has 1 rings (SSSR count). The van der Waals surface area contributed by atoms with Gasteiger partial charge in [0.2, 0.25) is 0 Å². The molecule has 0 spiro atoms. The number of thioether (sulfide) groups is 1. The van der Waals surface area contributed by atoms with Gasteiger partial charge in [-0.1, -0.05) is 18.7 Å². The molecule has 0 aliphatic carbocycles. The van der Waals surface area contributed by atoms with Gasteiger partial charge in [-0.3, -0.25) is 4.79 Å². The zero-order valence-electron chi connectivity index (χ0n) is 10.3. The van der Waals surface area contributed by atoms with E-state index < -0.39 is 6.10 Å². The van der Waals surface area contributed by atoms with Crippen LogP contribution in [0.5, 0.6) is 0 Å². The van der Waals surface area contributed by atoms with E-state index in [0.717, 1.165) is 15.6 Å². The third kappa shape index (κ3) is 4.61. The summed E-state index contributed by atoms with van der Waals surface area (Å²) in [6, 6.07) is 0. The lowest BCUT2D eigenvalue weighted by Gasteiger charge is -2.09. The number of aliphatic hydroxyl groups is 1. The first kappa shape index (κ1) is 14.4. The lowest BCUT2D eigenvalue weighted by atomic mass is 10.0. The number of Topliss-reactive ketones (excluding diaryl/α,β-unsaturated/α-hetero) is 1. The molecule has 0 radical (unpaired) electrons. The summed E-state index contributed by atoms with van der Waals surface area (Å²) in [7, 11) is 0. The van der Waals surface area contributed by atoms with Crippen molar-refractivity contribution >= 4 is 35.0 Å². The Bertz CT molecular complexity index is 412. The topological polar surface area (TPSA) is 50.2 Å². The van der Waals surface area contributed by atoms with Crippen LogP contribution in [0.3, 0.4) is 0 Å². The number of aromatic nitrogens is 1. The Morgan fingerprint density at radius 3 is 2.94 bits per heavy atom. The van der Waals surface area contributed by atoms with Crippen LogP contribution in [0.4, 0.5) is 0 Å². The van der Waals surface area contributed by atoms with E-state index in [-0.39, 0.29) is 12.2 Å². The summed E-state index contributed by atoms with van der Waals surface area (Å²) < 4.78 is 1.00. The second kappa shape index (κ2) is 6.93. The average molecular weight is 271 g/mol. The van der Waals surface area contributed by atoms with Gasteiger partial charge in [0.15, 0.2) is 0 Å². The first-order valence-electron chi connectivity index (χ1n) is 5.44. The van der Waals surface area contributed by atoms with Crippen LogP contribution in [-0.4, -0.2) is 28.2 Å². The first-order valence-corrected chi connectivity index (χ1v) is 7.54. The summed E-state index contributed by atoms with van der Waals surface area (Å²) in [6.07, 6.45) is 3.79. The van der Waals surface area contributed by atoms with Crippen LogP contribution >= 0.6 is 23.1 Å². The van der Waals surface area contributed by atoms with Crippen molar-refractivity contribution in [1.82, 2.24) is 4.98 Å². The van der Waals surface area contributed by atoms with E-state index in [0.29, 0.717) is 6.42 Å². The maximum atomic E-state index is 11.2. The highest BCUT2D eigenvalue weighted by Gasteiger charge is 2.11. The van der Waals surface area contributed by atoms with Crippen LogP contribution < -0.4 is 0 Å². The fraction of sp³-hybridized carbons (Fsp3) is 0.500. The average Bonchev–Trinajstić information content (AvgIpc) is 2.76. The van der Waals surface area contributed by atoms with Crippen molar-refractivity contribution in [2.45, 2.75) is 37.1 Å². The number of carbonyl (C=O) groups is 1. The van der Waals surface area contributed by atoms with Crippen molar-refractivity contribution in [3.63, 3.8) is 0 Å². The molecule has 0 amide bonds. The maximum absolute atomic E-state index is 11.2. The van der Waals surface area contributed by atoms with Crippen molar-refractivity contribution in [3.05, 3.63) is 16.6 Å². The van der Waals surface area contributed by atoms with Crippen LogP contribution in [0, 0.1) is 0 Å². The van der Waals surface area contributed by atoms with Crippen molar-refractivity contribution < 1.29 is 9.90 Å². The van der Waals surface area contributed by atoms with E-state index in [2.05, 4.69) is 4.98 Å². The Kier molecular flexibility index (Phi) is 5.88. The molecule has 17 heavy (non-hydrogen) atoms. The summed E-state index contributed by atoms with van der Waals surface area (Å²) in [4.78, 5) is 15.6. The number of rotatable bonds is 6. The van der Waals surface area contributed by atoms with E-state index in [4.69, 9.17) is 0 Å². The van der Waals surface area contributed by atoms with E-state index in [1.807, 2.05) is 24.6 Å². The minimum absolute atomic E-state index is 0.0772. The van der Waals surface area contributed by atoms with Gasteiger partial charge in [-0.2, -0.15) is 0 Å². The molecule has 5 heteroatoms. The van der Waals surface area contributed by atoms with E-state index in [1.54, 1.807) is 30.0 Å². The lowest BCUT2D eigenvalue weighted by Crippen LogP contribution is -2.13. The van der Waals surface area contributed by atoms with Crippen molar-refractivity contribution in [2.24, 2.45) is 0 Å². The third-order valence-electron chi connectivity index (χ3n) is 2.39. The second-order valence-electron chi connectivity index (χ2n) is 3.74. The molecular formula is C12H17NO2S2. The Morgan fingerprint density at radius 2 is 2.41 bits per heavy atom. The molecule has 0 saturated heterocycles. The largest absolute Gasteiger partial charge is 0.388 e.